The topological polar surface area (TPSA) is 21.3 Å². The zero-order valence-corrected chi connectivity index (χ0v) is 14.4. The van der Waals surface area contributed by atoms with Crippen LogP contribution in [0, 0.1) is 12.8 Å². The van der Waals surface area contributed by atoms with Crippen molar-refractivity contribution in [1.82, 2.24) is 5.32 Å². The Balaban J connectivity index is 1.82. The average molecular weight is 326 g/mol. The summed E-state index contributed by atoms with van der Waals surface area (Å²) in [4.78, 5) is 0. The summed E-state index contributed by atoms with van der Waals surface area (Å²) >= 11 is 8.29. The molecule has 0 amide bonds. The first-order chi connectivity index (χ1) is 10.1. The lowest BCUT2D eigenvalue weighted by Gasteiger charge is -2.41. The number of ether oxygens (including phenoxy) is 1. The molecule has 2 fully saturated rings. The highest BCUT2D eigenvalue weighted by atomic mass is 35.5. The van der Waals surface area contributed by atoms with Gasteiger partial charge in [-0.1, -0.05) is 17.7 Å². The van der Waals surface area contributed by atoms with Crippen molar-refractivity contribution in [2.75, 3.05) is 25.2 Å². The number of nitrogens with one attached hydrogen (secondary N) is 1. The zero-order valence-electron chi connectivity index (χ0n) is 12.8. The maximum absolute atomic E-state index is 6.25. The summed E-state index contributed by atoms with van der Waals surface area (Å²) in [5, 5.41) is 4.36. The minimum atomic E-state index is 0.135. The third-order valence-corrected chi connectivity index (χ3v) is 6.25. The fraction of sp³-hybridized carbons (Fsp3) is 0.647. The van der Waals surface area contributed by atoms with E-state index in [1.807, 2.05) is 17.8 Å². The van der Waals surface area contributed by atoms with E-state index in [9.17, 15) is 0 Å². The van der Waals surface area contributed by atoms with Crippen molar-refractivity contribution in [2.24, 2.45) is 5.92 Å². The van der Waals surface area contributed by atoms with E-state index in [1.165, 1.54) is 23.3 Å². The Morgan fingerprint density at radius 2 is 2.29 bits per heavy atom. The predicted octanol–water partition coefficient (Wildman–Crippen LogP) is 4.21. The Labute approximate surface area is 137 Å². The van der Waals surface area contributed by atoms with Crippen molar-refractivity contribution in [1.29, 1.82) is 0 Å². The fourth-order valence-corrected chi connectivity index (χ4v) is 5.51. The summed E-state index contributed by atoms with van der Waals surface area (Å²) < 4.78 is 6.16. The summed E-state index contributed by atoms with van der Waals surface area (Å²) in [6.07, 6.45) is 3.50. The molecule has 0 bridgehead atoms. The van der Waals surface area contributed by atoms with Crippen LogP contribution in [-0.2, 0) is 4.74 Å². The number of benzene rings is 1. The fourth-order valence-electron chi connectivity index (χ4n) is 3.83. The predicted molar refractivity (Wildman–Crippen MR) is 91.3 cm³/mol. The van der Waals surface area contributed by atoms with Crippen molar-refractivity contribution in [3.63, 3.8) is 0 Å². The van der Waals surface area contributed by atoms with E-state index < -0.39 is 0 Å². The molecule has 0 aromatic heterocycles. The monoisotopic (exact) mass is 325 g/mol. The van der Waals surface area contributed by atoms with Gasteiger partial charge < -0.3 is 10.1 Å². The van der Waals surface area contributed by atoms with Gasteiger partial charge in [-0.2, -0.15) is 11.8 Å². The molecule has 0 saturated carbocycles. The van der Waals surface area contributed by atoms with E-state index in [1.54, 1.807) is 0 Å². The molecule has 1 spiro atoms. The van der Waals surface area contributed by atoms with Crippen LogP contribution in [-0.4, -0.2) is 30.8 Å². The highest BCUT2D eigenvalue weighted by Gasteiger charge is 2.42. The largest absolute Gasteiger partial charge is 0.374 e. The van der Waals surface area contributed by atoms with E-state index in [4.69, 9.17) is 16.3 Å². The number of hydrogen-bond acceptors (Lipinski definition) is 3. The minimum absolute atomic E-state index is 0.135. The van der Waals surface area contributed by atoms with Crippen LogP contribution in [0.5, 0.6) is 0 Å². The Morgan fingerprint density at radius 1 is 1.43 bits per heavy atom. The molecule has 1 aromatic carbocycles. The van der Waals surface area contributed by atoms with Crippen LogP contribution < -0.4 is 5.32 Å². The summed E-state index contributed by atoms with van der Waals surface area (Å²) in [7, 11) is 2.06. The molecule has 2 heterocycles. The zero-order chi connectivity index (χ0) is 14.9. The Hall–Kier alpha value is -0.220. The molecule has 3 rings (SSSR count). The normalized spacial score (nSPS) is 30.7. The van der Waals surface area contributed by atoms with Crippen LogP contribution in [0.25, 0.3) is 0 Å². The average Bonchev–Trinajstić information content (AvgIpc) is 2.86. The molecule has 2 saturated heterocycles. The van der Waals surface area contributed by atoms with Crippen LogP contribution in [0.2, 0.25) is 5.02 Å². The molecule has 1 aromatic rings. The lowest BCUT2D eigenvalue weighted by Crippen LogP contribution is -2.43. The van der Waals surface area contributed by atoms with E-state index in [0.717, 1.165) is 30.2 Å². The number of thioether (sulfide) groups is 1. The van der Waals surface area contributed by atoms with Crippen LogP contribution in [0.1, 0.15) is 36.4 Å². The Morgan fingerprint density at radius 3 is 2.95 bits per heavy atom. The van der Waals surface area contributed by atoms with Gasteiger partial charge in [0.25, 0.3) is 0 Å². The second-order valence-corrected chi connectivity index (χ2v) is 7.96. The first-order valence-electron chi connectivity index (χ1n) is 7.78. The van der Waals surface area contributed by atoms with Gasteiger partial charge in [-0.15, -0.1) is 0 Å². The van der Waals surface area contributed by atoms with E-state index in [-0.39, 0.29) is 5.60 Å². The van der Waals surface area contributed by atoms with Gasteiger partial charge in [0.15, 0.2) is 0 Å². The minimum Gasteiger partial charge on any atom is -0.374 e. The van der Waals surface area contributed by atoms with Gasteiger partial charge >= 0.3 is 0 Å². The highest BCUT2D eigenvalue weighted by Crippen LogP contribution is 2.44. The maximum atomic E-state index is 6.25. The second kappa shape index (κ2) is 6.49. The summed E-state index contributed by atoms with van der Waals surface area (Å²) in [5.74, 6) is 3.03. The first kappa shape index (κ1) is 15.7. The molecular formula is C17H24ClNOS. The lowest BCUT2D eigenvalue weighted by molar-refractivity contribution is -0.0850. The highest BCUT2D eigenvalue weighted by molar-refractivity contribution is 7.99. The molecule has 2 aliphatic heterocycles. The van der Waals surface area contributed by atoms with Crippen molar-refractivity contribution in [2.45, 2.75) is 37.8 Å². The van der Waals surface area contributed by atoms with Crippen LogP contribution in [0.4, 0.5) is 0 Å². The molecule has 2 nitrogen and oxygen atoms in total. The van der Waals surface area contributed by atoms with Gasteiger partial charge in [0.1, 0.15) is 0 Å². The van der Waals surface area contributed by atoms with Gasteiger partial charge in [-0.05, 0) is 68.2 Å². The van der Waals surface area contributed by atoms with E-state index >= 15 is 0 Å². The molecule has 1 N–H and O–H groups in total. The van der Waals surface area contributed by atoms with Crippen LogP contribution >= 0.6 is 23.4 Å². The summed E-state index contributed by atoms with van der Waals surface area (Å²) in [6, 6.07) is 6.77. The first-order valence-corrected chi connectivity index (χ1v) is 9.31. The Kier molecular flexibility index (Phi) is 4.84. The number of hydrogen-bond donors (Lipinski definition) is 1. The molecule has 3 atom stereocenters. The molecule has 21 heavy (non-hydrogen) atoms. The van der Waals surface area contributed by atoms with Crippen molar-refractivity contribution < 1.29 is 4.74 Å². The number of aryl methyl sites for hydroxylation is 1. The van der Waals surface area contributed by atoms with Crippen molar-refractivity contribution >= 4 is 23.4 Å². The number of rotatable bonds is 3. The Bertz CT molecular complexity index is 481. The van der Waals surface area contributed by atoms with Gasteiger partial charge in [-0.3, -0.25) is 0 Å². The van der Waals surface area contributed by atoms with Gasteiger partial charge in [-0.25, -0.2) is 0 Å². The van der Waals surface area contributed by atoms with Crippen LogP contribution in [0.15, 0.2) is 18.2 Å². The molecule has 116 valence electrons. The van der Waals surface area contributed by atoms with E-state index in [2.05, 4.69) is 31.4 Å². The van der Waals surface area contributed by atoms with Gasteiger partial charge in [0, 0.05) is 23.4 Å². The quantitative estimate of drug-likeness (QED) is 0.899. The summed E-state index contributed by atoms with van der Waals surface area (Å²) in [5.41, 5.74) is 2.68. The molecule has 0 radical (unpaired) electrons. The second-order valence-electron chi connectivity index (χ2n) is 6.42. The molecule has 3 unspecified atom stereocenters. The summed E-state index contributed by atoms with van der Waals surface area (Å²) in [6.45, 7) is 3.00. The smallest absolute Gasteiger partial charge is 0.0783 e. The van der Waals surface area contributed by atoms with Crippen molar-refractivity contribution in [3.05, 3.63) is 34.3 Å². The van der Waals surface area contributed by atoms with Crippen LogP contribution in [0.3, 0.4) is 0 Å². The lowest BCUT2D eigenvalue weighted by atomic mass is 9.79. The molecule has 0 aliphatic carbocycles. The standard InChI is InChI=1S/C17H24ClNOS/c1-12-7-14(9-15(18)8-12)16(19-2)13-3-5-20-17(10-13)4-6-21-11-17/h7-9,13,16,19H,3-6,10-11H2,1-2H3. The molecular weight excluding hydrogens is 302 g/mol. The van der Waals surface area contributed by atoms with E-state index in [0.29, 0.717) is 12.0 Å². The van der Waals surface area contributed by atoms with Crippen molar-refractivity contribution in [3.8, 4) is 0 Å². The van der Waals surface area contributed by atoms with Gasteiger partial charge in [0.2, 0.25) is 0 Å². The SMILES string of the molecule is CNC(c1cc(C)cc(Cl)c1)C1CCOC2(CCSC2)C1. The molecule has 2 aliphatic rings. The maximum Gasteiger partial charge on any atom is 0.0783 e. The molecule has 4 heteroatoms. The number of halogens is 1. The third kappa shape index (κ3) is 3.42. The van der Waals surface area contributed by atoms with Gasteiger partial charge in [0.05, 0.1) is 5.60 Å². The third-order valence-electron chi connectivity index (χ3n) is 4.80.